The smallest absolute Gasteiger partial charge is 0.00475 e. The summed E-state index contributed by atoms with van der Waals surface area (Å²) in [7, 11) is 2.08. The molecule has 1 heterocycles. The van der Waals surface area contributed by atoms with Crippen LogP contribution in [0.2, 0.25) is 0 Å². The lowest BCUT2D eigenvalue weighted by atomic mass is 9.75. The summed E-state index contributed by atoms with van der Waals surface area (Å²) in [4.78, 5) is 2.70. The average Bonchev–Trinajstić information content (AvgIpc) is 2.28. The van der Waals surface area contributed by atoms with Crippen LogP contribution in [0.15, 0.2) is 0 Å². The van der Waals surface area contributed by atoms with Crippen LogP contribution in [0.5, 0.6) is 0 Å². The minimum atomic E-state index is 0.443. The van der Waals surface area contributed by atoms with Crippen LogP contribution in [0.3, 0.4) is 0 Å². The highest BCUT2D eigenvalue weighted by atomic mass is 15.1. The third-order valence-corrected chi connectivity index (χ3v) is 4.87. The molecule has 0 aromatic heterocycles. The fourth-order valence-corrected chi connectivity index (χ4v) is 3.75. The first-order valence-electron chi connectivity index (χ1n) is 8.18. The van der Waals surface area contributed by atoms with E-state index in [2.05, 4.69) is 51.9 Å². The summed E-state index contributed by atoms with van der Waals surface area (Å²) in [5, 5.41) is 3.39. The fourth-order valence-electron chi connectivity index (χ4n) is 3.75. The van der Waals surface area contributed by atoms with Crippen LogP contribution in [-0.2, 0) is 0 Å². The minimum absolute atomic E-state index is 0.443. The number of nitrogens with one attached hydrogen (secondary N) is 1. The van der Waals surface area contributed by atoms with E-state index in [0.29, 0.717) is 10.8 Å². The maximum absolute atomic E-state index is 3.39. The quantitative estimate of drug-likeness (QED) is 0.789. The molecular weight excluding hydrogens is 232 g/mol. The first-order valence-corrected chi connectivity index (χ1v) is 8.18. The molecule has 1 fully saturated rings. The van der Waals surface area contributed by atoms with Gasteiger partial charge in [-0.3, -0.25) is 0 Å². The second-order valence-electron chi connectivity index (χ2n) is 8.01. The van der Waals surface area contributed by atoms with Gasteiger partial charge in [-0.25, -0.2) is 0 Å². The molecule has 0 saturated carbocycles. The molecule has 0 bridgehead atoms. The molecule has 19 heavy (non-hydrogen) atoms. The van der Waals surface area contributed by atoms with E-state index in [1.807, 2.05) is 0 Å². The highest BCUT2D eigenvalue weighted by Crippen LogP contribution is 2.35. The molecule has 1 saturated heterocycles. The minimum Gasteiger partial charge on any atom is -0.319 e. The zero-order valence-corrected chi connectivity index (χ0v) is 14.2. The van der Waals surface area contributed by atoms with E-state index >= 15 is 0 Å². The third kappa shape index (κ3) is 5.43. The second-order valence-corrected chi connectivity index (χ2v) is 8.01. The molecule has 1 unspecified atom stereocenters. The van der Waals surface area contributed by atoms with Gasteiger partial charge in [0.15, 0.2) is 0 Å². The maximum atomic E-state index is 3.39. The van der Waals surface area contributed by atoms with Gasteiger partial charge < -0.3 is 10.2 Å². The number of nitrogens with zero attached hydrogens (tertiary/aromatic N) is 1. The summed E-state index contributed by atoms with van der Waals surface area (Å²) in [5.74, 6) is 0.908. The van der Waals surface area contributed by atoms with Crippen molar-refractivity contribution in [1.29, 1.82) is 0 Å². The summed E-state index contributed by atoms with van der Waals surface area (Å²) in [6.45, 7) is 16.9. The molecule has 1 aliphatic rings. The van der Waals surface area contributed by atoms with Crippen molar-refractivity contribution < 1.29 is 0 Å². The van der Waals surface area contributed by atoms with Gasteiger partial charge in [-0.15, -0.1) is 0 Å². The Balaban J connectivity index is 2.46. The van der Waals surface area contributed by atoms with Crippen LogP contribution in [-0.4, -0.2) is 38.1 Å². The van der Waals surface area contributed by atoms with Crippen molar-refractivity contribution >= 4 is 0 Å². The molecular formula is C17H36N2. The van der Waals surface area contributed by atoms with E-state index in [1.165, 1.54) is 45.3 Å². The maximum Gasteiger partial charge on any atom is 0.00475 e. The topological polar surface area (TPSA) is 15.3 Å². The predicted octanol–water partition coefficient (Wildman–Crippen LogP) is 3.77. The molecule has 1 rings (SSSR count). The van der Waals surface area contributed by atoms with E-state index in [4.69, 9.17) is 0 Å². The van der Waals surface area contributed by atoms with E-state index in [9.17, 15) is 0 Å². The van der Waals surface area contributed by atoms with Gasteiger partial charge in [-0.1, -0.05) is 41.0 Å². The number of rotatable bonds is 6. The molecule has 0 aliphatic carbocycles. The standard InChI is InChI=1S/C17H36N2/c1-7-10-17(5,13-18-6)14-19-11-8-15(9-12-19)16(2,3)4/h15,18H,7-14H2,1-6H3. The molecule has 1 aliphatic heterocycles. The van der Waals surface area contributed by atoms with Gasteiger partial charge in [0.05, 0.1) is 0 Å². The van der Waals surface area contributed by atoms with Gasteiger partial charge in [0.1, 0.15) is 0 Å². The Morgan fingerprint density at radius 2 is 1.68 bits per heavy atom. The molecule has 0 spiro atoms. The van der Waals surface area contributed by atoms with Gasteiger partial charge in [0.25, 0.3) is 0 Å². The molecule has 0 aromatic rings. The number of likely N-dealkylation sites (tertiary alicyclic amines) is 1. The molecule has 1 N–H and O–H groups in total. The average molecular weight is 268 g/mol. The van der Waals surface area contributed by atoms with Gasteiger partial charge >= 0.3 is 0 Å². The first-order chi connectivity index (χ1) is 8.80. The Bertz CT molecular complexity index is 240. The van der Waals surface area contributed by atoms with E-state index in [-0.39, 0.29) is 0 Å². The van der Waals surface area contributed by atoms with Crippen molar-refractivity contribution in [2.75, 3.05) is 33.2 Å². The van der Waals surface area contributed by atoms with Crippen LogP contribution in [0.25, 0.3) is 0 Å². The van der Waals surface area contributed by atoms with Crippen LogP contribution < -0.4 is 5.32 Å². The van der Waals surface area contributed by atoms with Crippen LogP contribution in [0.4, 0.5) is 0 Å². The van der Waals surface area contributed by atoms with Crippen molar-refractivity contribution in [1.82, 2.24) is 10.2 Å². The number of hydrogen-bond donors (Lipinski definition) is 1. The summed E-state index contributed by atoms with van der Waals surface area (Å²) in [6, 6.07) is 0. The lowest BCUT2D eigenvalue weighted by Gasteiger charge is -2.42. The Kier molecular flexibility index (Phi) is 6.32. The molecule has 2 nitrogen and oxygen atoms in total. The summed E-state index contributed by atoms with van der Waals surface area (Å²) in [6.07, 6.45) is 5.38. The largest absolute Gasteiger partial charge is 0.319 e. The van der Waals surface area contributed by atoms with E-state index in [1.54, 1.807) is 0 Å². The molecule has 1 atom stereocenters. The van der Waals surface area contributed by atoms with Crippen molar-refractivity contribution in [3.63, 3.8) is 0 Å². The monoisotopic (exact) mass is 268 g/mol. The Morgan fingerprint density at radius 1 is 1.11 bits per heavy atom. The predicted molar refractivity (Wildman–Crippen MR) is 85.6 cm³/mol. The highest BCUT2D eigenvalue weighted by molar-refractivity contribution is 4.85. The normalized spacial score (nSPS) is 22.4. The van der Waals surface area contributed by atoms with Crippen molar-refractivity contribution in [3.8, 4) is 0 Å². The third-order valence-electron chi connectivity index (χ3n) is 4.87. The van der Waals surface area contributed by atoms with Gasteiger partial charge in [0.2, 0.25) is 0 Å². The van der Waals surface area contributed by atoms with Gasteiger partial charge in [-0.05, 0) is 56.1 Å². The van der Waals surface area contributed by atoms with E-state index < -0.39 is 0 Å². The van der Waals surface area contributed by atoms with Crippen LogP contribution in [0.1, 0.15) is 60.3 Å². The van der Waals surface area contributed by atoms with E-state index in [0.717, 1.165) is 12.5 Å². The van der Waals surface area contributed by atoms with Crippen molar-refractivity contribution in [2.45, 2.75) is 60.3 Å². The molecule has 0 aromatic carbocycles. The summed E-state index contributed by atoms with van der Waals surface area (Å²) < 4.78 is 0. The fraction of sp³-hybridized carbons (Fsp3) is 1.00. The molecule has 114 valence electrons. The molecule has 0 radical (unpaired) electrons. The van der Waals surface area contributed by atoms with Crippen molar-refractivity contribution in [2.24, 2.45) is 16.7 Å². The SMILES string of the molecule is CCCC(C)(CNC)CN1CCC(C(C)(C)C)CC1. The Hall–Kier alpha value is -0.0800. The zero-order valence-electron chi connectivity index (χ0n) is 14.2. The van der Waals surface area contributed by atoms with Crippen molar-refractivity contribution in [3.05, 3.63) is 0 Å². The van der Waals surface area contributed by atoms with Gasteiger partial charge in [0, 0.05) is 13.1 Å². The molecule has 2 heteroatoms. The number of hydrogen-bond acceptors (Lipinski definition) is 2. The lowest BCUT2D eigenvalue weighted by molar-refractivity contribution is 0.0763. The Labute approximate surface area is 121 Å². The summed E-state index contributed by atoms with van der Waals surface area (Å²) >= 11 is 0. The van der Waals surface area contributed by atoms with Crippen LogP contribution >= 0.6 is 0 Å². The van der Waals surface area contributed by atoms with Crippen LogP contribution in [0, 0.1) is 16.7 Å². The second kappa shape index (κ2) is 7.08. The first kappa shape index (κ1) is 17.0. The Morgan fingerprint density at radius 3 is 2.11 bits per heavy atom. The molecule has 0 amide bonds. The zero-order chi connectivity index (χ0) is 14.5. The summed E-state index contributed by atoms with van der Waals surface area (Å²) in [5.41, 5.74) is 0.932. The number of piperidine rings is 1. The van der Waals surface area contributed by atoms with Gasteiger partial charge in [-0.2, -0.15) is 0 Å². The lowest BCUT2D eigenvalue weighted by Crippen LogP contribution is -2.46. The highest BCUT2D eigenvalue weighted by Gasteiger charge is 2.32.